The zero-order chi connectivity index (χ0) is 19.0. The average Bonchev–Trinajstić information content (AvgIpc) is 2.74. The molecular formula is C15H18F3N3O3S. The summed E-state index contributed by atoms with van der Waals surface area (Å²) in [7, 11) is -4.10. The van der Waals surface area contributed by atoms with E-state index in [9.17, 15) is 21.6 Å². The molecule has 2 aromatic rings. The minimum absolute atomic E-state index is 0.0282. The zero-order valence-electron chi connectivity index (χ0n) is 14.0. The maximum atomic E-state index is 12.5. The van der Waals surface area contributed by atoms with E-state index in [0.29, 0.717) is 17.1 Å². The highest BCUT2D eigenvalue weighted by Gasteiger charge is 2.31. The van der Waals surface area contributed by atoms with Gasteiger partial charge in [-0.2, -0.15) is 5.10 Å². The maximum absolute atomic E-state index is 12.5. The number of hydrogen-bond acceptors (Lipinski definition) is 4. The molecule has 1 heterocycles. The van der Waals surface area contributed by atoms with Gasteiger partial charge in [0.05, 0.1) is 22.0 Å². The number of nitrogens with zero attached hydrogens (tertiary/aromatic N) is 2. The number of nitrogens with one attached hydrogen (secondary N) is 1. The first kappa shape index (κ1) is 19.1. The molecule has 10 heteroatoms. The fourth-order valence-corrected chi connectivity index (χ4v) is 3.56. The summed E-state index contributed by atoms with van der Waals surface area (Å²) in [4.78, 5) is -0.342. The molecule has 0 unspecified atom stereocenters. The quantitative estimate of drug-likeness (QED) is 0.861. The lowest BCUT2D eigenvalue weighted by Gasteiger charge is -2.12. The number of alkyl halides is 3. The lowest BCUT2D eigenvalue weighted by molar-refractivity contribution is -0.274. The number of ether oxygens (including phenoxy) is 1. The molecule has 0 saturated heterocycles. The fourth-order valence-electron chi connectivity index (χ4n) is 2.35. The number of halogens is 3. The summed E-state index contributed by atoms with van der Waals surface area (Å²) in [6, 6.07) is 4.23. The molecule has 0 aliphatic rings. The topological polar surface area (TPSA) is 73.2 Å². The highest BCUT2D eigenvalue weighted by atomic mass is 32.2. The van der Waals surface area contributed by atoms with Crippen molar-refractivity contribution in [1.82, 2.24) is 9.78 Å². The van der Waals surface area contributed by atoms with Crippen molar-refractivity contribution in [3.8, 4) is 5.75 Å². The van der Waals surface area contributed by atoms with Crippen LogP contribution in [0.4, 0.5) is 18.9 Å². The lowest BCUT2D eigenvalue weighted by Crippen LogP contribution is -2.18. The molecule has 138 valence electrons. The second-order valence-corrected chi connectivity index (χ2v) is 7.39. The predicted octanol–water partition coefficient (Wildman–Crippen LogP) is 3.78. The van der Waals surface area contributed by atoms with Gasteiger partial charge in [-0.3, -0.25) is 9.40 Å². The second-order valence-electron chi connectivity index (χ2n) is 5.71. The Morgan fingerprint density at radius 1 is 1.24 bits per heavy atom. The standard InChI is InChI=1S/C15H18F3N3O3S/c1-9(2)21-11(4)14(10(3)19-21)20-25(22,23)13-7-5-6-12(8-13)24-15(16,17)18/h5-9,20H,1-4H3. The number of benzene rings is 1. The Labute approximate surface area is 143 Å². The third kappa shape index (κ3) is 4.44. The van der Waals surface area contributed by atoms with Crippen LogP contribution in [0.25, 0.3) is 0 Å². The van der Waals surface area contributed by atoms with Crippen LogP contribution in [0.3, 0.4) is 0 Å². The van der Waals surface area contributed by atoms with Gasteiger partial charge in [0, 0.05) is 12.1 Å². The molecule has 1 aromatic carbocycles. The Morgan fingerprint density at radius 3 is 2.40 bits per heavy atom. The summed E-state index contributed by atoms with van der Waals surface area (Å²) < 4.78 is 69.8. The van der Waals surface area contributed by atoms with E-state index in [2.05, 4.69) is 14.6 Å². The molecule has 1 N–H and O–H groups in total. The van der Waals surface area contributed by atoms with Crippen LogP contribution in [0.2, 0.25) is 0 Å². The summed E-state index contributed by atoms with van der Waals surface area (Å²) in [6.45, 7) is 7.15. The van der Waals surface area contributed by atoms with Gasteiger partial charge < -0.3 is 4.74 Å². The number of anilines is 1. The van der Waals surface area contributed by atoms with Crippen molar-refractivity contribution in [2.45, 2.75) is 45.0 Å². The van der Waals surface area contributed by atoms with Gasteiger partial charge in [-0.1, -0.05) is 6.07 Å². The summed E-state index contributed by atoms with van der Waals surface area (Å²) in [5.41, 5.74) is 1.38. The number of aromatic nitrogens is 2. The van der Waals surface area contributed by atoms with Crippen molar-refractivity contribution in [2.24, 2.45) is 0 Å². The molecule has 1 aromatic heterocycles. The smallest absolute Gasteiger partial charge is 0.406 e. The number of rotatable bonds is 5. The molecule has 0 atom stereocenters. The second kappa shape index (κ2) is 6.58. The van der Waals surface area contributed by atoms with Crippen molar-refractivity contribution >= 4 is 15.7 Å². The van der Waals surface area contributed by atoms with E-state index in [0.717, 1.165) is 12.1 Å². The lowest BCUT2D eigenvalue weighted by atomic mass is 10.3. The molecule has 0 bridgehead atoms. The van der Waals surface area contributed by atoms with Crippen molar-refractivity contribution in [3.63, 3.8) is 0 Å². The van der Waals surface area contributed by atoms with Gasteiger partial charge in [0.15, 0.2) is 0 Å². The van der Waals surface area contributed by atoms with E-state index in [1.807, 2.05) is 13.8 Å². The fraction of sp³-hybridized carbons (Fsp3) is 0.400. The van der Waals surface area contributed by atoms with Gasteiger partial charge >= 0.3 is 6.36 Å². The van der Waals surface area contributed by atoms with Crippen LogP contribution in [-0.4, -0.2) is 24.6 Å². The number of sulfonamides is 1. The van der Waals surface area contributed by atoms with E-state index in [4.69, 9.17) is 0 Å². The molecule has 0 aliphatic carbocycles. The van der Waals surface area contributed by atoms with E-state index >= 15 is 0 Å². The third-order valence-electron chi connectivity index (χ3n) is 3.40. The molecule has 6 nitrogen and oxygen atoms in total. The largest absolute Gasteiger partial charge is 0.573 e. The van der Waals surface area contributed by atoms with E-state index in [1.165, 1.54) is 12.1 Å². The number of hydrogen-bond donors (Lipinski definition) is 1. The van der Waals surface area contributed by atoms with Crippen LogP contribution >= 0.6 is 0 Å². The monoisotopic (exact) mass is 377 g/mol. The molecule has 0 saturated carbocycles. The Hall–Kier alpha value is -2.23. The molecular weight excluding hydrogens is 359 g/mol. The van der Waals surface area contributed by atoms with Crippen molar-refractivity contribution in [2.75, 3.05) is 4.72 Å². The Balaban J connectivity index is 2.36. The molecule has 0 amide bonds. The van der Waals surface area contributed by atoms with Crippen molar-refractivity contribution in [3.05, 3.63) is 35.7 Å². The van der Waals surface area contributed by atoms with Crippen molar-refractivity contribution < 1.29 is 26.3 Å². The van der Waals surface area contributed by atoms with Gasteiger partial charge in [0.1, 0.15) is 5.75 Å². The van der Waals surface area contributed by atoms with E-state index in [1.54, 1.807) is 18.5 Å². The Bertz CT molecular complexity index is 874. The molecule has 2 rings (SSSR count). The SMILES string of the molecule is Cc1nn(C(C)C)c(C)c1NS(=O)(=O)c1cccc(OC(F)(F)F)c1. The van der Waals surface area contributed by atoms with Crippen LogP contribution < -0.4 is 9.46 Å². The molecule has 25 heavy (non-hydrogen) atoms. The highest BCUT2D eigenvalue weighted by Crippen LogP contribution is 2.28. The van der Waals surface area contributed by atoms with Gasteiger partial charge in [0.25, 0.3) is 10.0 Å². The molecule has 0 spiro atoms. The van der Waals surface area contributed by atoms with E-state index < -0.39 is 22.1 Å². The summed E-state index contributed by atoms with van der Waals surface area (Å²) >= 11 is 0. The minimum Gasteiger partial charge on any atom is -0.406 e. The van der Waals surface area contributed by atoms with Gasteiger partial charge in [0.2, 0.25) is 0 Å². The van der Waals surface area contributed by atoms with Crippen LogP contribution in [0.1, 0.15) is 31.3 Å². The van der Waals surface area contributed by atoms with Crippen LogP contribution in [0.5, 0.6) is 5.75 Å². The highest BCUT2D eigenvalue weighted by molar-refractivity contribution is 7.92. The minimum atomic E-state index is -4.90. The van der Waals surface area contributed by atoms with E-state index in [-0.39, 0.29) is 10.9 Å². The first-order valence-electron chi connectivity index (χ1n) is 7.35. The molecule has 0 aliphatic heterocycles. The first-order valence-corrected chi connectivity index (χ1v) is 8.83. The predicted molar refractivity (Wildman–Crippen MR) is 86.0 cm³/mol. The Morgan fingerprint density at radius 2 is 1.88 bits per heavy atom. The maximum Gasteiger partial charge on any atom is 0.573 e. The zero-order valence-corrected chi connectivity index (χ0v) is 14.9. The first-order chi connectivity index (χ1) is 11.4. The molecule has 0 radical (unpaired) electrons. The molecule has 0 fully saturated rings. The average molecular weight is 377 g/mol. The third-order valence-corrected chi connectivity index (χ3v) is 4.75. The Kier molecular flexibility index (Phi) is 5.03. The summed E-state index contributed by atoms with van der Waals surface area (Å²) in [5, 5.41) is 4.27. The summed E-state index contributed by atoms with van der Waals surface area (Å²) in [6.07, 6.45) is -4.90. The van der Waals surface area contributed by atoms with Gasteiger partial charge in [-0.25, -0.2) is 8.42 Å². The van der Waals surface area contributed by atoms with Crippen molar-refractivity contribution in [1.29, 1.82) is 0 Å². The summed E-state index contributed by atoms with van der Waals surface area (Å²) in [5.74, 6) is -0.610. The van der Waals surface area contributed by atoms with Gasteiger partial charge in [-0.05, 0) is 39.8 Å². The van der Waals surface area contributed by atoms with Crippen LogP contribution in [0.15, 0.2) is 29.2 Å². The normalized spacial score (nSPS) is 12.5. The van der Waals surface area contributed by atoms with Crippen LogP contribution in [0, 0.1) is 13.8 Å². The number of aryl methyl sites for hydroxylation is 1. The van der Waals surface area contributed by atoms with Crippen LogP contribution in [-0.2, 0) is 10.0 Å². The van der Waals surface area contributed by atoms with Gasteiger partial charge in [-0.15, -0.1) is 13.2 Å².